The van der Waals surface area contributed by atoms with Crippen molar-refractivity contribution in [2.45, 2.75) is 27.2 Å². The maximum Gasteiger partial charge on any atom is 0.173 e. The van der Waals surface area contributed by atoms with Gasteiger partial charge in [0.2, 0.25) is 0 Å². The molecule has 1 aliphatic heterocycles. The van der Waals surface area contributed by atoms with Crippen molar-refractivity contribution in [1.82, 2.24) is 0 Å². The van der Waals surface area contributed by atoms with Crippen LogP contribution in [-0.4, -0.2) is 24.1 Å². The van der Waals surface area contributed by atoms with Crippen molar-refractivity contribution < 1.29 is 5.21 Å². The molecule has 0 radical (unpaired) electrons. The molecule has 1 aromatic rings. The largest absolute Gasteiger partial charge is 0.409 e. The van der Waals surface area contributed by atoms with E-state index in [1.807, 2.05) is 12.1 Å². The Balaban J connectivity index is 2.33. The van der Waals surface area contributed by atoms with E-state index in [2.05, 4.69) is 30.8 Å². The Hall–Kier alpha value is -1.42. The second-order valence-electron chi connectivity index (χ2n) is 6.42. The second kappa shape index (κ2) is 5.52. The topological polar surface area (TPSA) is 61.8 Å². The van der Waals surface area contributed by atoms with E-state index in [9.17, 15) is 0 Å². The Kier molecular flexibility index (Phi) is 4.14. The van der Waals surface area contributed by atoms with Crippen LogP contribution >= 0.6 is 11.6 Å². The van der Waals surface area contributed by atoms with Crippen LogP contribution in [0.25, 0.3) is 0 Å². The molecule has 0 amide bonds. The molecule has 0 spiro atoms. The molecule has 5 heteroatoms. The molecule has 0 saturated carbocycles. The molecule has 2 rings (SSSR count). The minimum atomic E-state index is 0.0600. The van der Waals surface area contributed by atoms with Gasteiger partial charge in [-0.05, 0) is 29.9 Å². The van der Waals surface area contributed by atoms with Crippen molar-refractivity contribution in [1.29, 1.82) is 0 Å². The third kappa shape index (κ3) is 2.85. The summed E-state index contributed by atoms with van der Waals surface area (Å²) in [6.07, 6.45) is 1.14. The lowest BCUT2D eigenvalue weighted by molar-refractivity contribution is 0.263. The summed E-state index contributed by atoms with van der Waals surface area (Å²) in [4.78, 5) is 2.27. The number of rotatable bonds is 2. The summed E-state index contributed by atoms with van der Waals surface area (Å²) < 4.78 is 0. The average Bonchev–Trinajstić information content (AvgIpc) is 2.87. The van der Waals surface area contributed by atoms with Crippen LogP contribution in [0.1, 0.15) is 32.8 Å². The maximum atomic E-state index is 8.95. The Labute approximate surface area is 125 Å². The zero-order valence-corrected chi connectivity index (χ0v) is 13.0. The third-order valence-corrected chi connectivity index (χ3v) is 4.42. The van der Waals surface area contributed by atoms with Gasteiger partial charge in [-0.3, -0.25) is 0 Å². The van der Waals surface area contributed by atoms with E-state index in [0.29, 0.717) is 16.5 Å². The van der Waals surface area contributed by atoms with Gasteiger partial charge in [0, 0.05) is 18.8 Å². The van der Waals surface area contributed by atoms with Crippen molar-refractivity contribution in [3.05, 3.63) is 28.8 Å². The molecule has 4 nitrogen and oxygen atoms in total. The van der Waals surface area contributed by atoms with Gasteiger partial charge in [0.05, 0.1) is 10.6 Å². The number of hydrogen-bond donors (Lipinski definition) is 2. The lowest BCUT2D eigenvalue weighted by Gasteiger charge is -2.28. The number of halogens is 1. The molecular formula is C15H22ClN3O. The number of benzene rings is 1. The average molecular weight is 296 g/mol. The minimum absolute atomic E-state index is 0.0600. The lowest BCUT2D eigenvalue weighted by Crippen LogP contribution is -2.28. The normalized spacial score (nSPS) is 20.5. The fourth-order valence-electron chi connectivity index (χ4n) is 2.77. The van der Waals surface area contributed by atoms with Crippen LogP contribution in [0.3, 0.4) is 0 Å². The molecule has 0 aromatic heterocycles. The van der Waals surface area contributed by atoms with Crippen LogP contribution in [0, 0.1) is 11.3 Å². The maximum absolute atomic E-state index is 8.95. The van der Waals surface area contributed by atoms with E-state index in [1.165, 1.54) is 0 Å². The summed E-state index contributed by atoms with van der Waals surface area (Å²) in [6, 6.07) is 5.64. The van der Waals surface area contributed by atoms with Crippen molar-refractivity contribution in [2.75, 3.05) is 18.0 Å². The van der Waals surface area contributed by atoms with Crippen LogP contribution in [0.4, 0.5) is 5.69 Å². The Morgan fingerprint density at radius 1 is 1.45 bits per heavy atom. The molecule has 1 aliphatic rings. The number of nitrogens with zero attached hydrogens (tertiary/aromatic N) is 2. The molecule has 0 aliphatic carbocycles. The summed E-state index contributed by atoms with van der Waals surface area (Å²) in [5.41, 5.74) is 7.62. The van der Waals surface area contributed by atoms with Gasteiger partial charge in [-0.15, -0.1) is 0 Å². The highest BCUT2D eigenvalue weighted by molar-refractivity contribution is 6.34. The molecule has 1 saturated heterocycles. The van der Waals surface area contributed by atoms with Crippen molar-refractivity contribution in [3.63, 3.8) is 0 Å². The van der Waals surface area contributed by atoms with Crippen LogP contribution in [0.5, 0.6) is 0 Å². The van der Waals surface area contributed by atoms with Crippen molar-refractivity contribution in [2.24, 2.45) is 22.2 Å². The molecular weight excluding hydrogens is 274 g/mol. The van der Waals surface area contributed by atoms with E-state index in [1.54, 1.807) is 6.07 Å². The fraction of sp³-hybridized carbons (Fsp3) is 0.533. The van der Waals surface area contributed by atoms with Crippen molar-refractivity contribution in [3.8, 4) is 0 Å². The minimum Gasteiger partial charge on any atom is -0.409 e. The van der Waals surface area contributed by atoms with Gasteiger partial charge in [0.25, 0.3) is 0 Å². The molecule has 3 N–H and O–H groups in total. The Morgan fingerprint density at radius 3 is 2.70 bits per heavy atom. The predicted octanol–water partition coefficient (Wildman–Crippen LogP) is 3.31. The molecule has 0 bridgehead atoms. The van der Waals surface area contributed by atoms with Crippen LogP contribution in [-0.2, 0) is 0 Å². The van der Waals surface area contributed by atoms with Gasteiger partial charge >= 0.3 is 0 Å². The predicted molar refractivity (Wildman–Crippen MR) is 83.7 cm³/mol. The van der Waals surface area contributed by atoms with Gasteiger partial charge in [0.1, 0.15) is 0 Å². The zero-order valence-electron chi connectivity index (χ0n) is 12.2. The number of anilines is 1. The molecule has 20 heavy (non-hydrogen) atoms. The second-order valence-corrected chi connectivity index (χ2v) is 6.82. The van der Waals surface area contributed by atoms with Crippen LogP contribution in [0.2, 0.25) is 5.02 Å². The molecule has 1 fully saturated rings. The van der Waals surface area contributed by atoms with Gasteiger partial charge in [-0.25, -0.2) is 0 Å². The standard InChI is InChI=1S/C15H22ClN3O/c1-15(2,3)10-7-8-19(9-10)12-6-4-5-11(16)13(12)14(17)18-20/h4-6,10,20H,7-9H2,1-3H3,(H2,17,18). The van der Waals surface area contributed by atoms with E-state index in [4.69, 9.17) is 22.5 Å². The van der Waals surface area contributed by atoms with E-state index >= 15 is 0 Å². The Morgan fingerprint density at radius 2 is 2.15 bits per heavy atom. The lowest BCUT2D eigenvalue weighted by atomic mass is 9.80. The van der Waals surface area contributed by atoms with E-state index in [0.717, 1.165) is 25.2 Å². The Bertz CT molecular complexity index is 522. The number of nitrogens with two attached hydrogens (primary N) is 1. The van der Waals surface area contributed by atoms with Crippen molar-refractivity contribution >= 4 is 23.1 Å². The SMILES string of the molecule is CC(C)(C)C1CCN(c2cccc(Cl)c2/C(N)=N/O)C1. The van der Waals surface area contributed by atoms with Gasteiger partial charge < -0.3 is 15.8 Å². The number of hydrogen-bond acceptors (Lipinski definition) is 3. The molecule has 1 heterocycles. The highest BCUT2D eigenvalue weighted by atomic mass is 35.5. The van der Waals surface area contributed by atoms with E-state index < -0.39 is 0 Å². The molecule has 1 atom stereocenters. The highest BCUT2D eigenvalue weighted by Gasteiger charge is 2.33. The summed E-state index contributed by atoms with van der Waals surface area (Å²) in [6.45, 7) is 8.74. The number of amidine groups is 1. The molecule has 1 aromatic carbocycles. The first kappa shape index (κ1) is 15.0. The van der Waals surface area contributed by atoms with Gasteiger partial charge in [-0.2, -0.15) is 0 Å². The van der Waals surface area contributed by atoms with E-state index in [-0.39, 0.29) is 11.3 Å². The first-order valence-electron chi connectivity index (χ1n) is 6.86. The number of oxime groups is 1. The first-order valence-corrected chi connectivity index (χ1v) is 7.23. The summed E-state index contributed by atoms with van der Waals surface area (Å²) in [5.74, 6) is 0.687. The van der Waals surface area contributed by atoms with Crippen LogP contribution in [0.15, 0.2) is 23.4 Å². The molecule has 110 valence electrons. The van der Waals surface area contributed by atoms with Crippen LogP contribution < -0.4 is 10.6 Å². The zero-order chi connectivity index (χ0) is 14.9. The van der Waals surface area contributed by atoms with Gasteiger partial charge in [0.15, 0.2) is 5.84 Å². The fourth-order valence-corrected chi connectivity index (χ4v) is 3.03. The summed E-state index contributed by atoms with van der Waals surface area (Å²) in [7, 11) is 0. The smallest absolute Gasteiger partial charge is 0.173 e. The molecule has 1 unspecified atom stereocenters. The highest BCUT2D eigenvalue weighted by Crippen LogP contribution is 2.37. The third-order valence-electron chi connectivity index (χ3n) is 4.11. The first-order chi connectivity index (χ1) is 9.34. The summed E-state index contributed by atoms with van der Waals surface area (Å²) >= 11 is 6.21. The van der Waals surface area contributed by atoms with Gasteiger partial charge in [-0.1, -0.05) is 43.6 Å². The quantitative estimate of drug-likeness (QED) is 0.381. The summed E-state index contributed by atoms with van der Waals surface area (Å²) in [5, 5.41) is 12.6. The monoisotopic (exact) mass is 295 g/mol.